The number of rotatable bonds is 3. The summed E-state index contributed by atoms with van der Waals surface area (Å²) in [4.78, 5) is 4.71. The first-order chi connectivity index (χ1) is 7.07. The van der Waals surface area contributed by atoms with Crippen LogP contribution in [0.3, 0.4) is 0 Å². The van der Waals surface area contributed by atoms with Crippen LogP contribution in [0.25, 0.3) is 0 Å². The molecular formula is C12H22N2S. The van der Waals surface area contributed by atoms with Crippen LogP contribution in [0.4, 0.5) is 0 Å². The molecule has 1 atom stereocenters. The van der Waals surface area contributed by atoms with Gasteiger partial charge in [-0.1, -0.05) is 18.7 Å². The van der Waals surface area contributed by atoms with Gasteiger partial charge in [-0.2, -0.15) is 0 Å². The predicted octanol–water partition coefficient (Wildman–Crippen LogP) is 2.89. The fourth-order valence-corrected chi connectivity index (χ4v) is 3.24. The van der Waals surface area contributed by atoms with E-state index >= 15 is 0 Å². The van der Waals surface area contributed by atoms with Gasteiger partial charge in [-0.25, -0.2) is 0 Å². The Kier molecular flexibility index (Phi) is 3.29. The van der Waals surface area contributed by atoms with Gasteiger partial charge in [-0.3, -0.25) is 4.99 Å². The molecule has 3 heteroatoms. The van der Waals surface area contributed by atoms with Gasteiger partial charge in [-0.15, -0.1) is 0 Å². The lowest BCUT2D eigenvalue weighted by atomic mass is 10.0. The molecule has 0 aromatic carbocycles. The summed E-state index contributed by atoms with van der Waals surface area (Å²) in [6.07, 6.45) is 4.09. The second-order valence-corrected chi connectivity index (χ2v) is 6.65. The summed E-state index contributed by atoms with van der Waals surface area (Å²) >= 11 is 1.88. The quantitative estimate of drug-likeness (QED) is 0.800. The van der Waals surface area contributed by atoms with Gasteiger partial charge >= 0.3 is 0 Å². The summed E-state index contributed by atoms with van der Waals surface area (Å²) in [6.45, 7) is 7.86. The summed E-state index contributed by atoms with van der Waals surface area (Å²) < 4.78 is 0. The number of hydrogen-bond acceptors (Lipinski definition) is 2. The molecule has 1 unspecified atom stereocenters. The molecule has 0 spiro atoms. The molecule has 0 bridgehead atoms. The molecule has 0 radical (unpaired) electrons. The number of nitrogens with zero attached hydrogens (tertiary/aromatic N) is 1. The van der Waals surface area contributed by atoms with E-state index < -0.39 is 0 Å². The normalized spacial score (nSPS) is 29.9. The van der Waals surface area contributed by atoms with Gasteiger partial charge in [0.2, 0.25) is 0 Å². The zero-order valence-electron chi connectivity index (χ0n) is 10.0. The van der Waals surface area contributed by atoms with Crippen LogP contribution in [-0.4, -0.2) is 23.0 Å². The minimum Gasteiger partial charge on any atom is -0.360 e. The molecule has 2 nitrogen and oxygen atoms in total. The molecule has 86 valence electrons. The van der Waals surface area contributed by atoms with Crippen molar-refractivity contribution in [2.75, 3.05) is 12.3 Å². The standard InChI is InChI=1S/C12H22N2S/c1-9(10-4-5-10)8-13-11-14-12(2,3)6-7-15-11/h9-10H,4-8H2,1-3H3,(H,13,14). The molecule has 1 aliphatic carbocycles. The highest BCUT2D eigenvalue weighted by Gasteiger charge is 2.28. The summed E-state index contributed by atoms with van der Waals surface area (Å²) in [5, 5.41) is 4.69. The first kappa shape index (κ1) is 11.3. The van der Waals surface area contributed by atoms with Crippen molar-refractivity contribution in [1.82, 2.24) is 5.32 Å². The van der Waals surface area contributed by atoms with Crippen molar-refractivity contribution in [3.05, 3.63) is 0 Å². The first-order valence-electron chi connectivity index (χ1n) is 6.02. The van der Waals surface area contributed by atoms with E-state index in [9.17, 15) is 0 Å². The van der Waals surface area contributed by atoms with Crippen LogP contribution >= 0.6 is 11.8 Å². The highest BCUT2D eigenvalue weighted by molar-refractivity contribution is 8.13. The topological polar surface area (TPSA) is 24.4 Å². The fraction of sp³-hybridized carbons (Fsp3) is 0.917. The van der Waals surface area contributed by atoms with Gasteiger partial charge in [0, 0.05) is 17.8 Å². The number of aliphatic imine (C=N–C) groups is 1. The Morgan fingerprint density at radius 3 is 2.87 bits per heavy atom. The third kappa shape index (κ3) is 3.40. The number of hydrogen-bond donors (Lipinski definition) is 1. The molecule has 0 aromatic rings. The maximum atomic E-state index is 4.71. The third-order valence-electron chi connectivity index (χ3n) is 3.36. The molecule has 1 saturated carbocycles. The molecule has 1 aliphatic heterocycles. The van der Waals surface area contributed by atoms with Gasteiger partial charge in [0.25, 0.3) is 0 Å². The zero-order valence-corrected chi connectivity index (χ0v) is 10.9. The second kappa shape index (κ2) is 4.36. The maximum Gasteiger partial charge on any atom is 0.156 e. The first-order valence-corrected chi connectivity index (χ1v) is 7.01. The smallest absolute Gasteiger partial charge is 0.156 e. The SMILES string of the molecule is CC(CN=C1NC(C)(C)CCS1)C1CC1. The molecule has 0 aromatic heterocycles. The molecule has 15 heavy (non-hydrogen) atoms. The third-order valence-corrected chi connectivity index (χ3v) is 4.27. The van der Waals surface area contributed by atoms with Crippen LogP contribution < -0.4 is 5.32 Å². The van der Waals surface area contributed by atoms with Crippen molar-refractivity contribution in [3.8, 4) is 0 Å². The van der Waals surface area contributed by atoms with Crippen molar-refractivity contribution in [2.45, 2.75) is 45.6 Å². The number of amidine groups is 1. The van der Waals surface area contributed by atoms with E-state index in [0.717, 1.165) is 18.4 Å². The van der Waals surface area contributed by atoms with E-state index in [-0.39, 0.29) is 5.54 Å². The van der Waals surface area contributed by atoms with Crippen molar-refractivity contribution in [1.29, 1.82) is 0 Å². The highest BCUT2D eigenvalue weighted by atomic mass is 32.2. The molecule has 1 heterocycles. The highest BCUT2D eigenvalue weighted by Crippen LogP contribution is 2.36. The maximum absolute atomic E-state index is 4.71. The van der Waals surface area contributed by atoms with E-state index in [1.54, 1.807) is 0 Å². The monoisotopic (exact) mass is 226 g/mol. The van der Waals surface area contributed by atoms with Crippen molar-refractivity contribution in [2.24, 2.45) is 16.8 Å². The molecule has 2 rings (SSSR count). The van der Waals surface area contributed by atoms with Crippen molar-refractivity contribution in [3.63, 3.8) is 0 Å². The van der Waals surface area contributed by atoms with Crippen LogP contribution in [0, 0.1) is 11.8 Å². The minimum absolute atomic E-state index is 0.243. The van der Waals surface area contributed by atoms with Gasteiger partial charge in [-0.05, 0) is 44.9 Å². The fourth-order valence-electron chi connectivity index (χ4n) is 1.92. The van der Waals surface area contributed by atoms with Crippen LogP contribution in [0.15, 0.2) is 4.99 Å². The van der Waals surface area contributed by atoms with Gasteiger partial charge in [0.05, 0.1) is 0 Å². The van der Waals surface area contributed by atoms with Crippen molar-refractivity contribution < 1.29 is 0 Å². The van der Waals surface area contributed by atoms with Crippen LogP contribution in [0.5, 0.6) is 0 Å². The summed E-state index contributed by atoms with van der Waals surface area (Å²) in [7, 11) is 0. The summed E-state index contributed by atoms with van der Waals surface area (Å²) in [5.41, 5.74) is 0.243. The van der Waals surface area contributed by atoms with Crippen LogP contribution in [0.1, 0.15) is 40.0 Å². The van der Waals surface area contributed by atoms with E-state index in [1.807, 2.05) is 11.8 Å². The summed E-state index contributed by atoms with van der Waals surface area (Å²) in [5.74, 6) is 2.96. The van der Waals surface area contributed by atoms with Gasteiger partial charge < -0.3 is 5.32 Å². The van der Waals surface area contributed by atoms with Gasteiger partial charge in [0.1, 0.15) is 0 Å². The molecule has 2 aliphatic rings. The average molecular weight is 226 g/mol. The Bertz CT molecular complexity index is 256. The average Bonchev–Trinajstić information content (AvgIpc) is 2.95. The van der Waals surface area contributed by atoms with E-state index in [4.69, 9.17) is 4.99 Å². The Balaban J connectivity index is 1.83. The van der Waals surface area contributed by atoms with E-state index in [0.29, 0.717) is 0 Å². The Morgan fingerprint density at radius 1 is 1.53 bits per heavy atom. The van der Waals surface area contributed by atoms with Crippen LogP contribution in [-0.2, 0) is 0 Å². The lowest BCUT2D eigenvalue weighted by Gasteiger charge is -2.32. The lowest BCUT2D eigenvalue weighted by Crippen LogP contribution is -2.46. The molecule has 2 fully saturated rings. The molecule has 0 amide bonds. The Labute approximate surface area is 97.3 Å². The Morgan fingerprint density at radius 2 is 2.27 bits per heavy atom. The lowest BCUT2D eigenvalue weighted by molar-refractivity contribution is 0.444. The molecule has 1 saturated heterocycles. The summed E-state index contributed by atoms with van der Waals surface area (Å²) in [6, 6.07) is 0. The second-order valence-electron chi connectivity index (χ2n) is 5.57. The molecular weight excluding hydrogens is 204 g/mol. The van der Waals surface area contributed by atoms with Crippen LogP contribution in [0.2, 0.25) is 0 Å². The zero-order chi connectivity index (χ0) is 10.9. The van der Waals surface area contributed by atoms with Gasteiger partial charge in [0.15, 0.2) is 5.17 Å². The molecule has 1 N–H and O–H groups in total. The Hall–Kier alpha value is -0.180. The largest absolute Gasteiger partial charge is 0.360 e. The number of thioether (sulfide) groups is 1. The minimum atomic E-state index is 0.243. The van der Waals surface area contributed by atoms with E-state index in [2.05, 4.69) is 26.1 Å². The predicted molar refractivity (Wildman–Crippen MR) is 68.5 cm³/mol. The van der Waals surface area contributed by atoms with E-state index in [1.165, 1.54) is 30.2 Å². The van der Waals surface area contributed by atoms with Crippen molar-refractivity contribution >= 4 is 16.9 Å². The number of nitrogens with one attached hydrogen (secondary N) is 1.